The van der Waals surface area contributed by atoms with E-state index in [0.29, 0.717) is 17.8 Å². The van der Waals surface area contributed by atoms with Crippen molar-refractivity contribution in [1.29, 1.82) is 0 Å². The van der Waals surface area contributed by atoms with E-state index in [1.807, 2.05) is 0 Å². The van der Waals surface area contributed by atoms with Crippen LogP contribution in [0.25, 0.3) is 10.2 Å². The molecule has 0 saturated carbocycles. The van der Waals surface area contributed by atoms with Crippen LogP contribution in [0.1, 0.15) is 11.4 Å². The number of carbonyl (C=O) groups is 2. The molecular weight excluding hydrogens is 432 g/mol. The zero-order chi connectivity index (χ0) is 20.9. The molecule has 0 spiro atoms. The third-order valence-corrected chi connectivity index (χ3v) is 6.57. The minimum absolute atomic E-state index is 0.0495. The van der Waals surface area contributed by atoms with Gasteiger partial charge in [-0.2, -0.15) is 0 Å². The Hall–Kier alpha value is -2.66. The highest BCUT2D eigenvalue weighted by molar-refractivity contribution is 8.01. The molecule has 2 aromatic carbocycles. The van der Waals surface area contributed by atoms with E-state index in [9.17, 15) is 27.2 Å². The monoisotopic (exact) mass is 442 g/mol. The van der Waals surface area contributed by atoms with Crippen LogP contribution < -0.4 is 4.90 Å². The van der Waals surface area contributed by atoms with Gasteiger partial charge < -0.3 is 10.0 Å². The van der Waals surface area contributed by atoms with E-state index in [1.54, 1.807) is 0 Å². The van der Waals surface area contributed by atoms with E-state index in [4.69, 9.17) is 5.11 Å². The Morgan fingerprint density at radius 3 is 2.66 bits per heavy atom. The number of carboxylic acids is 1. The molecule has 0 saturated heterocycles. The standard InChI is InChI=1S/C18H10F4N2O3S2/c19-7-3-9(21)16-11(4-7)24(18(27)12(28-16)5-14(25)26)6-13-23-10-2-1-8(20)15(22)17(10)29-13/h1-4,12H,5-6H2,(H,25,26). The number of carbonyl (C=O) groups excluding carboxylic acids is 1. The van der Waals surface area contributed by atoms with Crippen LogP contribution in [0.3, 0.4) is 0 Å². The highest BCUT2D eigenvalue weighted by Crippen LogP contribution is 2.43. The normalized spacial score (nSPS) is 16.3. The van der Waals surface area contributed by atoms with Crippen LogP contribution in [0, 0.1) is 23.3 Å². The number of hydrogen-bond acceptors (Lipinski definition) is 5. The van der Waals surface area contributed by atoms with Crippen molar-refractivity contribution in [2.75, 3.05) is 4.90 Å². The first-order valence-electron chi connectivity index (χ1n) is 8.17. The minimum atomic E-state index is -1.25. The smallest absolute Gasteiger partial charge is 0.305 e. The number of hydrogen-bond donors (Lipinski definition) is 1. The maximum atomic E-state index is 14.3. The summed E-state index contributed by atoms with van der Waals surface area (Å²) >= 11 is 1.51. The van der Waals surface area contributed by atoms with Crippen LogP contribution in [0.4, 0.5) is 23.2 Å². The minimum Gasteiger partial charge on any atom is -0.481 e. The molecule has 1 aliphatic heterocycles. The summed E-state index contributed by atoms with van der Waals surface area (Å²) in [5.41, 5.74) is 0.112. The molecular formula is C18H10F4N2O3S2. The van der Waals surface area contributed by atoms with E-state index >= 15 is 0 Å². The molecule has 29 heavy (non-hydrogen) atoms. The second-order valence-electron chi connectivity index (χ2n) is 6.18. The summed E-state index contributed by atoms with van der Waals surface area (Å²) in [6.07, 6.45) is -0.560. The molecule has 1 aliphatic rings. The lowest BCUT2D eigenvalue weighted by molar-refractivity contribution is -0.138. The SMILES string of the molecule is O=C(O)CC1Sc2c(F)cc(F)cc2N(Cc2nc3ccc(F)c(F)c3s2)C1=O. The maximum absolute atomic E-state index is 14.3. The van der Waals surface area contributed by atoms with Gasteiger partial charge in [0.15, 0.2) is 11.6 Å². The van der Waals surface area contributed by atoms with Gasteiger partial charge in [0, 0.05) is 6.07 Å². The topological polar surface area (TPSA) is 70.5 Å². The van der Waals surface area contributed by atoms with Gasteiger partial charge in [-0.05, 0) is 18.2 Å². The predicted molar refractivity (Wildman–Crippen MR) is 99.0 cm³/mol. The molecule has 1 unspecified atom stereocenters. The van der Waals surface area contributed by atoms with Gasteiger partial charge in [-0.1, -0.05) is 0 Å². The average molecular weight is 442 g/mol. The fraction of sp³-hybridized carbons (Fsp3) is 0.167. The molecule has 4 rings (SSSR count). The maximum Gasteiger partial charge on any atom is 0.305 e. The number of thiazole rings is 1. The van der Waals surface area contributed by atoms with Crippen molar-refractivity contribution in [3.8, 4) is 0 Å². The van der Waals surface area contributed by atoms with E-state index in [-0.39, 0.29) is 32.4 Å². The first kappa shape index (κ1) is 19.6. The predicted octanol–water partition coefficient (Wildman–Crippen LogP) is 4.33. The molecule has 0 radical (unpaired) electrons. The van der Waals surface area contributed by atoms with Gasteiger partial charge in [0.05, 0.1) is 39.0 Å². The quantitative estimate of drug-likeness (QED) is 0.609. The van der Waals surface area contributed by atoms with Crippen molar-refractivity contribution >= 4 is 50.9 Å². The van der Waals surface area contributed by atoms with Gasteiger partial charge in [-0.25, -0.2) is 22.5 Å². The largest absolute Gasteiger partial charge is 0.481 e. The second-order valence-corrected chi connectivity index (χ2v) is 8.48. The number of aromatic nitrogens is 1. The number of amides is 1. The first-order chi connectivity index (χ1) is 13.7. The van der Waals surface area contributed by atoms with Gasteiger partial charge in [0.25, 0.3) is 0 Å². The number of benzene rings is 2. The van der Waals surface area contributed by atoms with Gasteiger partial charge >= 0.3 is 5.97 Å². The third kappa shape index (κ3) is 3.55. The molecule has 0 bridgehead atoms. The highest BCUT2D eigenvalue weighted by atomic mass is 32.2. The fourth-order valence-electron chi connectivity index (χ4n) is 2.98. The number of aliphatic carboxylic acids is 1. The summed E-state index contributed by atoms with van der Waals surface area (Å²) in [5, 5.41) is 8.13. The third-order valence-electron chi connectivity index (χ3n) is 4.23. The average Bonchev–Trinajstić information content (AvgIpc) is 3.06. The van der Waals surface area contributed by atoms with Crippen LogP contribution in [-0.2, 0) is 16.1 Å². The number of halogens is 4. The molecule has 1 atom stereocenters. The molecule has 3 aromatic rings. The summed E-state index contributed by atoms with van der Waals surface area (Å²) in [4.78, 5) is 29.0. The van der Waals surface area contributed by atoms with Crippen LogP contribution in [0.15, 0.2) is 29.2 Å². The van der Waals surface area contributed by atoms with Gasteiger partial charge in [0.1, 0.15) is 16.6 Å². The highest BCUT2D eigenvalue weighted by Gasteiger charge is 2.37. The number of rotatable bonds is 4. The molecule has 1 aromatic heterocycles. The molecule has 11 heteroatoms. The molecule has 0 fully saturated rings. The van der Waals surface area contributed by atoms with Crippen molar-refractivity contribution in [1.82, 2.24) is 4.98 Å². The molecule has 2 heterocycles. The Kier molecular flexibility index (Phi) is 4.95. The Morgan fingerprint density at radius 2 is 1.93 bits per heavy atom. The second kappa shape index (κ2) is 7.30. The zero-order valence-electron chi connectivity index (χ0n) is 14.3. The van der Waals surface area contributed by atoms with E-state index in [1.165, 1.54) is 6.07 Å². The van der Waals surface area contributed by atoms with Crippen molar-refractivity contribution in [2.45, 2.75) is 23.1 Å². The van der Waals surface area contributed by atoms with Crippen molar-refractivity contribution in [3.63, 3.8) is 0 Å². The van der Waals surface area contributed by atoms with Crippen molar-refractivity contribution in [3.05, 3.63) is 52.5 Å². The molecule has 1 amide bonds. The van der Waals surface area contributed by atoms with Crippen LogP contribution in [0.5, 0.6) is 0 Å². The lowest BCUT2D eigenvalue weighted by Gasteiger charge is -2.32. The summed E-state index contributed by atoms with van der Waals surface area (Å²) in [6, 6.07) is 3.82. The summed E-state index contributed by atoms with van der Waals surface area (Å²) in [6.45, 7) is -0.272. The summed E-state index contributed by atoms with van der Waals surface area (Å²) < 4.78 is 55.4. The first-order valence-corrected chi connectivity index (χ1v) is 9.86. The molecule has 5 nitrogen and oxygen atoms in total. The van der Waals surface area contributed by atoms with E-state index in [2.05, 4.69) is 4.98 Å². The Labute approximate surface area is 169 Å². The lowest BCUT2D eigenvalue weighted by atomic mass is 10.2. The summed E-state index contributed by atoms with van der Waals surface area (Å²) in [5.74, 6) is -5.87. The number of nitrogens with zero attached hydrogens (tertiary/aromatic N) is 2. The van der Waals surface area contributed by atoms with Gasteiger partial charge in [-0.15, -0.1) is 23.1 Å². The Balaban J connectivity index is 1.78. The molecule has 0 aliphatic carbocycles. The number of thioether (sulfide) groups is 1. The molecule has 150 valence electrons. The number of carboxylic acid groups (broad SMARTS) is 1. The van der Waals surface area contributed by atoms with Gasteiger partial charge in [-0.3, -0.25) is 9.59 Å². The fourth-order valence-corrected chi connectivity index (χ4v) is 5.16. The number of anilines is 1. The van der Waals surface area contributed by atoms with Crippen LogP contribution in [0.2, 0.25) is 0 Å². The number of fused-ring (bicyclic) bond motifs is 2. The van der Waals surface area contributed by atoms with Gasteiger partial charge in [0.2, 0.25) is 5.91 Å². The van der Waals surface area contributed by atoms with Crippen LogP contribution in [-0.4, -0.2) is 27.2 Å². The van der Waals surface area contributed by atoms with E-state index < -0.39 is 46.8 Å². The van der Waals surface area contributed by atoms with Crippen molar-refractivity contribution in [2.24, 2.45) is 0 Å². The van der Waals surface area contributed by atoms with Crippen LogP contribution >= 0.6 is 23.1 Å². The lowest BCUT2D eigenvalue weighted by Crippen LogP contribution is -2.41. The summed E-state index contributed by atoms with van der Waals surface area (Å²) in [7, 11) is 0. The Bertz CT molecular complexity index is 1170. The zero-order valence-corrected chi connectivity index (χ0v) is 15.9. The molecule has 1 N–H and O–H groups in total. The van der Waals surface area contributed by atoms with E-state index in [0.717, 1.165) is 28.4 Å². The Morgan fingerprint density at radius 1 is 1.17 bits per heavy atom. The van der Waals surface area contributed by atoms with Crippen molar-refractivity contribution < 1.29 is 32.3 Å².